The van der Waals surface area contributed by atoms with E-state index in [0.29, 0.717) is 35.3 Å². The SMILES string of the molecule is CCOc1cc(/C=C(/C#N)C(=O)NC(C)C)cc(Cl)c1OCc1ccc(Br)cc1. The van der Waals surface area contributed by atoms with Crippen molar-refractivity contribution in [2.45, 2.75) is 33.4 Å². The van der Waals surface area contributed by atoms with Gasteiger partial charge >= 0.3 is 0 Å². The highest BCUT2D eigenvalue weighted by Gasteiger charge is 2.15. The van der Waals surface area contributed by atoms with E-state index in [9.17, 15) is 10.1 Å². The van der Waals surface area contributed by atoms with Crippen LogP contribution in [0, 0.1) is 11.3 Å². The van der Waals surface area contributed by atoms with Crippen molar-refractivity contribution in [1.82, 2.24) is 5.32 Å². The van der Waals surface area contributed by atoms with Gasteiger partial charge in [-0.05, 0) is 62.2 Å². The maximum atomic E-state index is 12.1. The van der Waals surface area contributed by atoms with E-state index in [1.165, 1.54) is 6.08 Å². The van der Waals surface area contributed by atoms with Crippen molar-refractivity contribution in [3.8, 4) is 17.6 Å². The van der Waals surface area contributed by atoms with Gasteiger partial charge in [-0.3, -0.25) is 4.79 Å². The molecule has 2 rings (SSSR count). The molecule has 0 fully saturated rings. The predicted octanol–water partition coefficient (Wildman–Crippen LogP) is 5.51. The van der Waals surface area contributed by atoms with Crippen LogP contribution in [0.15, 0.2) is 46.4 Å². The Morgan fingerprint density at radius 2 is 1.97 bits per heavy atom. The number of hydrogen-bond donors (Lipinski definition) is 1. The summed E-state index contributed by atoms with van der Waals surface area (Å²) in [7, 11) is 0. The molecule has 2 aromatic carbocycles. The van der Waals surface area contributed by atoms with Gasteiger partial charge in [0.25, 0.3) is 5.91 Å². The topological polar surface area (TPSA) is 71.3 Å². The van der Waals surface area contributed by atoms with Crippen molar-refractivity contribution >= 4 is 39.5 Å². The van der Waals surface area contributed by atoms with Gasteiger partial charge in [0.05, 0.1) is 11.6 Å². The molecule has 0 radical (unpaired) electrons. The van der Waals surface area contributed by atoms with Crippen LogP contribution in [0.4, 0.5) is 0 Å². The van der Waals surface area contributed by atoms with E-state index in [1.54, 1.807) is 12.1 Å². The summed E-state index contributed by atoms with van der Waals surface area (Å²) in [6, 6.07) is 13.0. The predicted molar refractivity (Wildman–Crippen MR) is 118 cm³/mol. The average Bonchev–Trinajstić information content (AvgIpc) is 2.66. The van der Waals surface area contributed by atoms with Crippen molar-refractivity contribution in [1.29, 1.82) is 5.26 Å². The summed E-state index contributed by atoms with van der Waals surface area (Å²) in [6.45, 7) is 6.24. The summed E-state index contributed by atoms with van der Waals surface area (Å²) < 4.78 is 12.6. The fraction of sp³-hybridized carbons (Fsp3) is 0.273. The molecule has 0 atom stereocenters. The molecule has 5 nitrogen and oxygen atoms in total. The first-order chi connectivity index (χ1) is 13.8. The number of nitriles is 1. The first-order valence-corrected chi connectivity index (χ1v) is 10.3. The molecule has 1 N–H and O–H groups in total. The average molecular weight is 478 g/mol. The zero-order valence-corrected chi connectivity index (χ0v) is 18.8. The molecule has 0 saturated heterocycles. The summed E-state index contributed by atoms with van der Waals surface area (Å²) in [5, 5.41) is 12.4. The van der Waals surface area contributed by atoms with Crippen molar-refractivity contribution in [2.24, 2.45) is 0 Å². The Balaban J connectivity index is 2.30. The van der Waals surface area contributed by atoms with E-state index < -0.39 is 5.91 Å². The van der Waals surface area contributed by atoms with Gasteiger partial charge < -0.3 is 14.8 Å². The minimum absolute atomic E-state index is 0.0132. The molecule has 0 saturated carbocycles. The number of nitrogens with zero attached hydrogens (tertiary/aromatic N) is 1. The minimum atomic E-state index is -0.438. The van der Waals surface area contributed by atoms with Crippen molar-refractivity contribution < 1.29 is 14.3 Å². The molecule has 0 aliphatic heterocycles. The third-order valence-corrected chi connectivity index (χ3v) is 4.53. The largest absolute Gasteiger partial charge is 0.490 e. The fourth-order valence-corrected chi connectivity index (χ4v) is 3.00. The quantitative estimate of drug-likeness (QED) is 0.402. The van der Waals surface area contributed by atoms with Crippen LogP contribution >= 0.6 is 27.5 Å². The number of carbonyl (C=O) groups is 1. The van der Waals surface area contributed by atoms with Gasteiger partial charge in [0.2, 0.25) is 0 Å². The molecular formula is C22H22BrClN2O3. The highest BCUT2D eigenvalue weighted by molar-refractivity contribution is 9.10. The Hall–Kier alpha value is -2.49. The lowest BCUT2D eigenvalue weighted by atomic mass is 10.1. The van der Waals surface area contributed by atoms with Gasteiger partial charge in [0, 0.05) is 10.5 Å². The van der Waals surface area contributed by atoms with Gasteiger partial charge in [-0.25, -0.2) is 0 Å². The molecule has 152 valence electrons. The Bertz CT molecular complexity index is 934. The fourth-order valence-electron chi connectivity index (χ4n) is 2.47. The number of carbonyl (C=O) groups excluding carboxylic acids is 1. The van der Waals surface area contributed by atoms with Crippen molar-refractivity contribution in [3.63, 3.8) is 0 Å². The molecule has 0 aliphatic carbocycles. The second kappa shape index (κ2) is 10.9. The summed E-state index contributed by atoms with van der Waals surface area (Å²) in [4.78, 5) is 12.1. The normalized spacial score (nSPS) is 11.1. The monoisotopic (exact) mass is 476 g/mol. The van der Waals surface area contributed by atoms with Crippen LogP contribution in [0.5, 0.6) is 11.5 Å². The lowest BCUT2D eigenvalue weighted by Gasteiger charge is -2.15. The van der Waals surface area contributed by atoms with Crippen LogP contribution in [0.25, 0.3) is 6.08 Å². The smallest absolute Gasteiger partial charge is 0.262 e. The molecule has 0 aromatic heterocycles. The van der Waals surface area contributed by atoms with Gasteiger partial charge in [0.15, 0.2) is 11.5 Å². The molecule has 7 heteroatoms. The Morgan fingerprint density at radius 1 is 1.28 bits per heavy atom. The second-order valence-electron chi connectivity index (χ2n) is 6.48. The first-order valence-electron chi connectivity index (χ1n) is 9.10. The molecule has 29 heavy (non-hydrogen) atoms. The number of nitrogens with one attached hydrogen (secondary N) is 1. The molecule has 0 heterocycles. The van der Waals surface area contributed by atoms with E-state index in [0.717, 1.165) is 10.0 Å². The molecular weight excluding hydrogens is 456 g/mol. The zero-order valence-electron chi connectivity index (χ0n) is 16.5. The third-order valence-electron chi connectivity index (χ3n) is 3.72. The number of halogens is 2. The van der Waals surface area contributed by atoms with E-state index in [4.69, 9.17) is 21.1 Å². The molecule has 2 aromatic rings. The Morgan fingerprint density at radius 3 is 2.55 bits per heavy atom. The summed E-state index contributed by atoms with van der Waals surface area (Å²) >= 11 is 9.83. The number of benzene rings is 2. The minimum Gasteiger partial charge on any atom is -0.490 e. The van der Waals surface area contributed by atoms with Crippen LogP contribution in [-0.2, 0) is 11.4 Å². The lowest BCUT2D eigenvalue weighted by Crippen LogP contribution is -2.30. The second-order valence-corrected chi connectivity index (χ2v) is 7.80. The number of rotatable bonds is 8. The summed E-state index contributed by atoms with van der Waals surface area (Å²) in [6.07, 6.45) is 1.48. The van der Waals surface area contributed by atoms with E-state index in [1.807, 2.05) is 51.1 Å². The van der Waals surface area contributed by atoms with Gasteiger partial charge in [-0.1, -0.05) is 39.7 Å². The first kappa shape index (κ1) is 22.8. The van der Waals surface area contributed by atoms with Gasteiger partial charge in [-0.15, -0.1) is 0 Å². The van der Waals surface area contributed by atoms with Crippen LogP contribution in [0.1, 0.15) is 31.9 Å². The van der Waals surface area contributed by atoms with E-state index in [2.05, 4.69) is 21.2 Å². The molecule has 0 bridgehead atoms. The van der Waals surface area contributed by atoms with Crippen LogP contribution < -0.4 is 14.8 Å². The maximum absolute atomic E-state index is 12.1. The van der Waals surface area contributed by atoms with Gasteiger partial charge in [-0.2, -0.15) is 5.26 Å². The maximum Gasteiger partial charge on any atom is 0.262 e. The lowest BCUT2D eigenvalue weighted by molar-refractivity contribution is -0.117. The van der Waals surface area contributed by atoms with Crippen molar-refractivity contribution in [2.75, 3.05) is 6.61 Å². The number of amides is 1. The van der Waals surface area contributed by atoms with Crippen LogP contribution in [0.3, 0.4) is 0 Å². The Labute approximate surface area is 184 Å². The number of hydrogen-bond acceptors (Lipinski definition) is 4. The van der Waals surface area contributed by atoms with Crippen LogP contribution in [0.2, 0.25) is 5.02 Å². The Kier molecular flexibility index (Phi) is 8.56. The molecule has 0 aliphatic rings. The molecule has 0 spiro atoms. The zero-order chi connectivity index (χ0) is 21.4. The third kappa shape index (κ3) is 6.81. The van der Waals surface area contributed by atoms with Crippen LogP contribution in [-0.4, -0.2) is 18.6 Å². The van der Waals surface area contributed by atoms with E-state index >= 15 is 0 Å². The van der Waals surface area contributed by atoms with Crippen molar-refractivity contribution in [3.05, 3.63) is 62.6 Å². The number of ether oxygens (including phenoxy) is 2. The summed E-state index contributed by atoms with van der Waals surface area (Å²) in [5.74, 6) is 0.427. The van der Waals surface area contributed by atoms with Gasteiger partial charge in [0.1, 0.15) is 18.2 Å². The highest BCUT2D eigenvalue weighted by atomic mass is 79.9. The summed E-state index contributed by atoms with van der Waals surface area (Å²) in [5.41, 5.74) is 1.54. The molecule has 1 amide bonds. The van der Waals surface area contributed by atoms with E-state index in [-0.39, 0.29) is 11.6 Å². The highest BCUT2D eigenvalue weighted by Crippen LogP contribution is 2.38. The molecule has 0 unspecified atom stereocenters. The standard InChI is InChI=1S/C22H22BrClN2O3/c1-4-28-20-11-16(9-17(12-25)22(27)26-14(2)3)10-19(24)21(20)29-13-15-5-7-18(23)8-6-15/h5-11,14H,4,13H2,1-3H3,(H,26,27)/b17-9-.